The van der Waals surface area contributed by atoms with E-state index in [-0.39, 0.29) is 6.03 Å². The molecule has 2 amide bonds. The van der Waals surface area contributed by atoms with Crippen molar-refractivity contribution in [2.75, 3.05) is 5.32 Å². The minimum absolute atomic E-state index is 0.212. The Kier molecular flexibility index (Phi) is 5.64. The zero-order chi connectivity index (χ0) is 18.5. The van der Waals surface area contributed by atoms with Gasteiger partial charge in [-0.2, -0.15) is 0 Å². The first-order valence-corrected chi connectivity index (χ1v) is 8.89. The second-order valence-electron chi connectivity index (χ2n) is 6.38. The van der Waals surface area contributed by atoms with Gasteiger partial charge in [-0.3, -0.25) is 0 Å². The summed E-state index contributed by atoms with van der Waals surface area (Å²) >= 11 is 5.93. The molecule has 5 heteroatoms. The van der Waals surface area contributed by atoms with E-state index in [1.165, 1.54) is 5.56 Å². The van der Waals surface area contributed by atoms with Gasteiger partial charge >= 0.3 is 6.03 Å². The van der Waals surface area contributed by atoms with Gasteiger partial charge in [0.15, 0.2) is 0 Å². The van der Waals surface area contributed by atoms with E-state index in [4.69, 9.17) is 11.6 Å². The van der Waals surface area contributed by atoms with Crippen LogP contribution in [-0.4, -0.2) is 10.6 Å². The number of halogens is 1. The van der Waals surface area contributed by atoms with E-state index in [0.29, 0.717) is 6.54 Å². The molecule has 0 atom stereocenters. The van der Waals surface area contributed by atoms with Gasteiger partial charge in [0.2, 0.25) is 0 Å². The van der Waals surface area contributed by atoms with Crippen LogP contribution in [0.3, 0.4) is 0 Å². The van der Waals surface area contributed by atoms with Crippen LogP contribution >= 0.6 is 11.6 Å². The number of carbonyl (C=O) groups excluding carboxylic acids is 1. The molecule has 0 aliphatic heterocycles. The van der Waals surface area contributed by atoms with Crippen LogP contribution in [0.15, 0.2) is 60.8 Å². The van der Waals surface area contributed by atoms with Crippen molar-refractivity contribution in [3.8, 4) is 0 Å². The number of hydrogen-bond donors (Lipinski definition) is 2. The minimum atomic E-state index is -0.212. The van der Waals surface area contributed by atoms with Crippen LogP contribution in [0.5, 0.6) is 0 Å². The first kappa shape index (κ1) is 18.1. The van der Waals surface area contributed by atoms with Crippen LogP contribution < -0.4 is 10.6 Å². The van der Waals surface area contributed by atoms with E-state index in [2.05, 4.69) is 15.2 Å². The van der Waals surface area contributed by atoms with Crippen LogP contribution in [0.2, 0.25) is 5.02 Å². The van der Waals surface area contributed by atoms with Crippen molar-refractivity contribution in [1.29, 1.82) is 0 Å². The molecule has 26 heavy (non-hydrogen) atoms. The molecule has 3 rings (SSSR count). The summed E-state index contributed by atoms with van der Waals surface area (Å²) in [6, 6.07) is 17.5. The summed E-state index contributed by atoms with van der Waals surface area (Å²) in [5.74, 6) is 0. The topological polar surface area (TPSA) is 46.1 Å². The molecule has 3 aromatic rings. The molecule has 0 saturated carbocycles. The molecule has 0 radical (unpaired) electrons. The molecule has 2 aromatic carbocycles. The number of benzene rings is 2. The summed E-state index contributed by atoms with van der Waals surface area (Å²) in [5, 5.41) is 6.55. The average molecular weight is 368 g/mol. The van der Waals surface area contributed by atoms with Gasteiger partial charge in [0.05, 0.1) is 6.54 Å². The van der Waals surface area contributed by atoms with E-state index in [1.54, 1.807) is 0 Å². The predicted octanol–water partition coefficient (Wildman–Crippen LogP) is 5.13. The number of nitrogens with one attached hydrogen (secondary N) is 2. The number of carbonyl (C=O) groups is 1. The summed E-state index contributed by atoms with van der Waals surface area (Å²) in [4.78, 5) is 12.2. The van der Waals surface area contributed by atoms with E-state index >= 15 is 0 Å². The molecule has 4 nitrogen and oxygen atoms in total. The third-order valence-corrected chi connectivity index (χ3v) is 4.50. The Balaban J connectivity index is 1.59. The molecule has 0 spiro atoms. The first-order valence-electron chi connectivity index (χ1n) is 8.52. The van der Waals surface area contributed by atoms with Gasteiger partial charge in [0.25, 0.3) is 0 Å². The van der Waals surface area contributed by atoms with Crippen molar-refractivity contribution in [2.45, 2.75) is 26.9 Å². The Labute approximate surface area is 158 Å². The summed E-state index contributed by atoms with van der Waals surface area (Å²) in [7, 11) is 0. The summed E-state index contributed by atoms with van der Waals surface area (Å²) in [6.45, 7) is 5.21. The lowest BCUT2D eigenvalue weighted by Crippen LogP contribution is -2.29. The highest BCUT2D eigenvalue weighted by Crippen LogP contribution is 2.16. The smallest absolute Gasteiger partial charge is 0.319 e. The number of hydrogen-bond acceptors (Lipinski definition) is 1. The van der Waals surface area contributed by atoms with Crippen molar-refractivity contribution >= 4 is 23.3 Å². The highest BCUT2D eigenvalue weighted by Gasteiger charge is 2.07. The molecule has 0 bridgehead atoms. The van der Waals surface area contributed by atoms with Gasteiger partial charge in [0, 0.05) is 29.1 Å². The molecule has 0 fully saturated rings. The molecule has 0 aliphatic rings. The number of aryl methyl sites for hydroxylation is 2. The SMILES string of the molecule is Cc1ccc(NC(=O)NCc2cccn2Cc2ccc(Cl)cc2)c(C)c1. The summed E-state index contributed by atoms with van der Waals surface area (Å²) < 4.78 is 2.11. The van der Waals surface area contributed by atoms with E-state index in [9.17, 15) is 4.79 Å². The van der Waals surface area contributed by atoms with Gasteiger partial charge in [0.1, 0.15) is 0 Å². The molecule has 0 aliphatic carbocycles. The minimum Gasteiger partial charge on any atom is -0.345 e. The Morgan fingerprint density at radius 1 is 1.08 bits per heavy atom. The monoisotopic (exact) mass is 367 g/mol. The number of rotatable bonds is 5. The number of nitrogens with zero attached hydrogens (tertiary/aromatic N) is 1. The fraction of sp³-hybridized carbons (Fsp3) is 0.190. The van der Waals surface area contributed by atoms with Crippen LogP contribution in [0, 0.1) is 13.8 Å². The maximum Gasteiger partial charge on any atom is 0.319 e. The van der Waals surface area contributed by atoms with Crippen LogP contribution in [0.1, 0.15) is 22.4 Å². The van der Waals surface area contributed by atoms with Gasteiger partial charge in [-0.25, -0.2) is 4.79 Å². The zero-order valence-electron chi connectivity index (χ0n) is 14.9. The Bertz CT molecular complexity index is 900. The number of aromatic nitrogens is 1. The summed E-state index contributed by atoms with van der Waals surface area (Å²) in [5.41, 5.74) is 5.24. The second-order valence-corrected chi connectivity index (χ2v) is 6.82. The highest BCUT2D eigenvalue weighted by molar-refractivity contribution is 6.30. The highest BCUT2D eigenvalue weighted by atomic mass is 35.5. The Morgan fingerprint density at radius 2 is 1.85 bits per heavy atom. The van der Waals surface area contributed by atoms with E-state index in [0.717, 1.165) is 34.1 Å². The van der Waals surface area contributed by atoms with Crippen LogP contribution in [0.4, 0.5) is 10.5 Å². The molecule has 2 N–H and O–H groups in total. The predicted molar refractivity (Wildman–Crippen MR) is 107 cm³/mol. The molecular formula is C21H22ClN3O. The maximum atomic E-state index is 12.2. The molecule has 0 unspecified atom stereocenters. The van der Waals surface area contributed by atoms with Crippen molar-refractivity contribution in [3.63, 3.8) is 0 Å². The van der Waals surface area contributed by atoms with Gasteiger partial charge < -0.3 is 15.2 Å². The fourth-order valence-electron chi connectivity index (χ4n) is 2.84. The lowest BCUT2D eigenvalue weighted by molar-refractivity contribution is 0.251. The largest absolute Gasteiger partial charge is 0.345 e. The van der Waals surface area contributed by atoms with Crippen LogP contribution in [0.25, 0.3) is 0 Å². The number of amides is 2. The van der Waals surface area contributed by atoms with Crippen molar-refractivity contribution in [2.24, 2.45) is 0 Å². The third-order valence-electron chi connectivity index (χ3n) is 4.25. The lowest BCUT2D eigenvalue weighted by Gasteiger charge is -2.13. The maximum absolute atomic E-state index is 12.2. The second kappa shape index (κ2) is 8.11. The Hall–Kier alpha value is -2.72. The van der Waals surface area contributed by atoms with Gasteiger partial charge in [-0.1, -0.05) is 41.4 Å². The number of urea groups is 1. The first-order chi connectivity index (χ1) is 12.5. The third kappa shape index (κ3) is 4.67. The normalized spacial score (nSPS) is 10.6. The van der Waals surface area contributed by atoms with Crippen molar-refractivity contribution in [3.05, 3.63) is 88.2 Å². The molecule has 134 valence electrons. The lowest BCUT2D eigenvalue weighted by atomic mass is 10.1. The van der Waals surface area contributed by atoms with Gasteiger partial charge in [-0.05, 0) is 55.3 Å². The molecule has 1 aromatic heterocycles. The van der Waals surface area contributed by atoms with Crippen molar-refractivity contribution in [1.82, 2.24) is 9.88 Å². The molecule has 0 saturated heterocycles. The van der Waals surface area contributed by atoms with Crippen molar-refractivity contribution < 1.29 is 4.79 Å². The molecule has 1 heterocycles. The molecular weight excluding hydrogens is 346 g/mol. The van der Waals surface area contributed by atoms with Gasteiger partial charge in [-0.15, -0.1) is 0 Å². The van der Waals surface area contributed by atoms with Crippen LogP contribution in [-0.2, 0) is 13.1 Å². The zero-order valence-corrected chi connectivity index (χ0v) is 15.7. The average Bonchev–Trinajstić information content (AvgIpc) is 3.05. The fourth-order valence-corrected chi connectivity index (χ4v) is 2.97. The quantitative estimate of drug-likeness (QED) is 0.645. The standard InChI is InChI=1S/C21H22ClN3O/c1-15-5-10-20(16(2)12-15)24-21(26)23-13-19-4-3-11-25(19)14-17-6-8-18(22)9-7-17/h3-12H,13-14H2,1-2H3,(H2,23,24,26). The van der Waals surface area contributed by atoms with E-state index < -0.39 is 0 Å². The number of anilines is 1. The summed E-state index contributed by atoms with van der Waals surface area (Å²) in [6.07, 6.45) is 2.01. The van der Waals surface area contributed by atoms with E-state index in [1.807, 2.05) is 74.6 Å². The Morgan fingerprint density at radius 3 is 2.58 bits per heavy atom.